The van der Waals surface area contributed by atoms with Crippen molar-refractivity contribution in [3.05, 3.63) is 23.2 Å². The lowest BCUT2D eigenvalue weighted by molar-refractivity contribution is -0.141. The number of nitrogens with two attached hydrogens (primary N) is 1. The van der Waals surface area contributed by atoms with Crippen LogP contribution in [0.1, 0.15) is 12.8 Å². The highest BCUT2D eigenvalue weighted by Gasteiger charge is 2.58. The molecule has 0 spiro atoms. The number of piperidine rings is 1. The number of carbonyl (C=O) groups is 3. The van der Waals surface area contributed by atoms with E-state index in [1.54, 1.807) is 12.1 Å². The highest BCUT2D eigenvalue weighted by Crippen LogP contribution is 2.46. The first kappa shape index (κ1) is 13.9. The molecule has 1 heterocycles. The number of benzene rings is 1. The van der Waals surface area contributed by atoms with Crippen molar-refractivity contribution in [3.63, 3.8) is 0 Å². The van der Waals surface area contributed by atoms with Crippen molar-refractivity contribution in [1.29, 1.82) is 0 Å². The Morgan fingerprint density at radius 2 is 2.00 bits per heavy atom. The predicted molar refractivity (Wildman–Crippen MR) is 77.4 cm³/mol. The van der Waals surface area contributed by atoms with Crippen LogP contribution in [0, 0.1) is 11.8 Å². The smallest absolute Gasteiger partial charge is 0.233 e. The van der Waals surface area contributed by atoms with Crippen LogP contribution >= 0.6 is 11.6 Å². The van der Waals surface area contributed by atoms with Gasteiger partial charge in [0.25, 0.3) is 0 Å². The molecular weight excluding hydrogens is 294 g/mol. The number of halogens is 1. The Bertz CT molecular complexity index is 626. The lowest BCUT2D eigenvalue weighted by atomic mass is 10.2. The van der Waals surface area contributed by atoms with Crippen LogP contribution in [0.3, 0.4) is 0 Å². The van der Waals surface area contributed by atoms with E-state index in [4.69, 9.17) is 17.3 Å². The van der Waals surface area contributed by atoms with Gasteiger partial charge in [-0.1, -0.05) is 11.6 Å². The van der Waals surface area contributed by atoms with Crippen molar-refractivity contribution in [2.45, 2.75) is 12.8 Å². The number of hydrogen-bond acceptors (Lipinski definition) is 4. The van der Waals surface area contributed by atoms with E-state index in [0.29, 0.717) is 22.8 Å². The van der Waals surface area contributed by atoms with Crippen molar-refractivity contribution in [2.75, 3.05) is 17.6 Å². The van der Waals surface area contributed by atoms with Gasteiger partial charge in [-0.05, 0) is 24.6 Å². The summed E-state index contributed by atoms with van der Waals surface area (Å²) < 4.78 is 0. The van der Waals surface area contributed by atoms with Crippen LogP contribution in [0.5, 0.6) is 0 Å². The van der Waals surface area contributed by atoms with Gasteiger partial charge in [0.2, 0.25) is 17.7 Å². The summed E-state index contributed by atoms with van der Waals surface area (Å²) in [6.45, 7) is 0.114. The van der Waals surface area contributed by atoms with Crippen LogP contribution in [0.2, 0.25) is 5.02 Å². The molecule has 7 heteroatoms. The molecule has 2 unspecified atom stereocenters. The number of nitrogen functional groups attached to an aromatic ring is 1. The van der Waals surface area contributed by atoms with Crippen molar-refractivity contribution in [2.24, 2.45) is 11.8 Å². The van der Waals surface area contributed by atoms with E-state index in [-0.39, 0.29) is 42.5 Å². The summed E-state index contributed by atoms with van der Waals surface area (Å²) in [5.41, 5.74) is 6.53. The molecule has 6 nitrogen and oxygen atoms in total. The van der Waals surface area contributed by atoms with E-state index >= 15 is 0 Å². The summed E-state index contributed by atoms with van der Waals surface area (Å²) in [4.78, 5) is 36.6. The van der Waals surface area contributed by atoms with E-state index in [1.807, 2.05) is 0 Å². The van der Waals surface area contributed by atoms with Crippen LogP contribution in [0.15, 0.2) is 18.2 Å². The average molecular weight is 308 g/mol. The van der Waals surface area contributed by atoms with Crippen molar-refractivity contribution < 1.29 is 14.4 Å². The van der Waals surface area contributed by atoms with Gasteiger partial charge in [0.1, 0.15) is 0 Å². The van der Waals surface area contributed by atoms with Gasteiger partial charge in [0.15, 0.2) is 0 Å². The third-order valence-corrected chi connectivity index (χ3v) is 4.10. The fourth-order valence-corrected chi connectivity index (χ4v) is 2.77. The quantitative estimate of drug-likeness (QED) is 0.647. The monoisotopic (exact) mass is 307 g/mol. The lowest BCUT2D eigenvalue weighted by Crippen LogP contribution is -2.35. The molecule has 2 atom stereocenters. The molecular formula is C14H14ClN3O3. The molecule has 21 heavy (non-hydrogen) atoms. The number of rotatable bonds is 4. The number of likely N-dealkylation sites (tertiary alicyclic amines) is 1. The first-order valence-corrected chi connectivity index (χ1v) is 7.05. The number of carbonyl (C=O) groups excluding carboxylic acids is 3. The van der Waals surface area contributed by atoms with Gasteiger partial charge < -0.3 is 11.1 Å². The zero-order valence-corrected chi connectivity index (χ0v) is 11.9. The molecule has 0 aromatic heterocycles. The third kappa shape index (κ3) is 2.58. The van der Waals surface area contributed by atoms with Gasteiger partial charge in [-0.15, -0.1) is 0 Å². The maximum atomic E-state index is 11.9. The van der Waals surface area contributed by atoms with Gasteiger partial charge in [0, 0.05) is 18.7 Å². The highest BCUT2D eigenvalue weighted by molar-refractivity contribution is 6.34. The minimum atomic E-state index is -0.303. The number of hydrogen-bond donors (Lipinski definition) is 2. The van der Waals surface area contributed by atoms with Crippen LogP contribution in [0.25, 0.3) is 0 Å². The molecule has 3 N–H and O–H groups in total. The number of nitrogens with one attached hydrogen (secondary N) is 1. The summed E-state index contributed by atoms with van der Waals surface area (Å²) in [5, 5.41) is 2.98. The largest absolute Gasteiger partial charge is 0.399 e. The zero-order chi connectivity index (χ0) is 15.1. The molecule has 3 rings (SSSR count). The first-order chi connectivity index (χ1) is 9.97. The van der Waals surface area contributed by atoms with E-state index in [2.05, 4.69) is 5.32 Å². The molecule has 1 aromatic rings. The molecule has 1 saturated carbocycles. The molecule has 1 aliphatic carbocycles. The molecule has 2 aliphatic rings. The second kappa shape index (κ2) is 5.04. The summed E-state index contributed by atoms with van der Waals surface area (Å²) in [6.07, 6.45) is 0.721. The average Bonchev–Trinajstić information content (AvgIpc) is 3.17. The Morgan fingerprint density at radius 3 is 2.62 bits per heavy atom. The maximum Gasteiger partial charge on any atom is 0.233 e. The number of fused-ring (bicyclic) bond motifs is 1. The van der Waals surface area contributed by atoms with Crippen LogP contribution in [-0.4, -0.2) is 29.2 Å². The molecule has 110 valence electrons. The Hall–Kier alpha value is -2.08. The third-order valence-electron chi connectivity index (χ3n) is 3.79. The van der Waals surface area contributed by atoms with Crippen molar-refractivity contribution in [3.8, 4) is 0 Å². The molecule has 3 amide bonds. The minimum Gasteiger partial charge on any atom is -0.399 e. The molecule has 1 aliphatic heterocycles. The lowest BCUT2D eigenvalue weighted by Gasteiger charge is -2.16. The standard InChI is InChI=1S/C14H14ClN3O3/c15-10-5-7(16)1-2-11(10)17-12(19)3-4-18-13(20)8-6-9(8)14(18)21/h1-2,5,8-9H,3-4,6,16H2,(H,17,19). The van der Waals surface area contributed by atoms with Crippen LogP contribution in [-0.2, 0) is 14.4 Å². The molecule has 1 aromatic carbocycles. The molecule has 0 radical (unpaired) electrons. The Labute approximate surface area is 126 Å². The van der Waals surface area contributed by atoms with Crippen molar-refractivity contribution in [1.82, 2.24) is 4.90 Å². The minimum absolute atomic E-state index is 0.0532. The van der Waals surface area contributed by atoms with Gasteiger partial charge in [-0.25, -0.2) is 0 Å². The summed E-state index contributed by atoms with van der Waals surface area (Å²) in [7, 11) is 0. The van der Waals surface area contributed by atoms with E-state index < -0.39 is 0 Å². The Balaban J connectivity index is 1.55. The number of nitrogens with zero attached hydrogens (tertiary/aromatic N) is 1. The fraction of sp³-hybridized carbons (Fsp3) is 0.357. The number of anilines is 2. The fourth-order valence-electron chi connectivity index (χ4n) is 2.53. The topological polar surface area (TPSA) is 92.5 Å². The molecule has 0 bridgehead atoms. The normalized spacial score (nSPS) is 23.2. The first-order valence-electron chi connectivity index (χ1n) is 6.67. The van der Waals surface area contributed by atoms with E-state index in [9.17, 15) is 14.4 Å². The van der Waals surface area contributed by atoms with Gasteiger partial charge in [-0.2, -0.15) is 0 Å². The molecule has 1 saturated heterocycles. The zero-order valence-electron chi connectivity index (χ0n) is 11.1. The summed E-state index contributed by atoms with van der Waals surface area (Å²) in [5.74, 6) is -0.867. The summed E-state index contributed by atoms with van der Waals surface area (Å²) in [6, 6.07) is 4.78. The van der Waals surface area contributed by atoms with Gasteiger partial charge in [0.05, 0.1) is 22.5 Å². The Morgan fingerprint density at radius 1 is 1.33 bits per heavy atom. The highest BCUT2D eigenvalue weighted by atomic mass is 35.5. The van der Waals surface area contributed by atoms with Gasteiger partial charge >= 0.3 is 0 Å². The Kier molecular flexibility index (Phi) is 3.33. The van der Waals surface area contributed by atoms with Crippen molar-refractivity contribution >= 4 is 40.7 Å². The molecule has 2 fully saturated rings. The number of amides is 3. The van der Waals surface area contributed by atoms with Crippen LogP contribution < -0.4 is 11.1 Å². The van der Waals surface area contributed by atoms with Gasteiger partial charge in [-0.3, -0.25) is 19.3 Å². The summed E-state index contributed by atoms with van der Waals surface area (Å²) >= 11 is 5.96. The predicted octanol–water partition coefficient (Wildman–Crippen LogP) is 1.26. The second-order valence-electron chi connectivity index (χ2n) is 5.31. The SMILES string of the molecule is Nc1ccc(NC(=O)CCN2C(=O)C3CC3C2=O)c(Cl)c1. The maximum absolute atomic E-state index is 11.9. The van der Waals surface area contributed by atoms with E-state index in [1.165, 1.54) is 11.0 Å². The number of imide groups is 1. The second-order valence-corrected chi connectivity index (χ2v) is 5.72. The van der Waals surface area contributed by atoms with E-state index in [0.717, 1.165) is 0 Å². The van der Waals surface area contributed by atoms with Crippen LogP contribution in [0.4, 0.5) is 11.4 Å².